The van der Waals surface area contributed by atoms with Crippen molar-refractivity contribution in [2.75, 3.05) is 7.11 Å². The molecule has 2 aromatic carbocycles. The van der Waals surface area contributed by atoms with Gasteiger partial charge in [0.15, 0.2) is 0 Å². The van der Waals surface area contributed by atoms with E-state index in [4.69, 9.17) is 15.8 Å². The van der Waals surface area contributed by atoms with Crippen molar-refractivity contribution in [1.29, 1.82) is 0 Å². The lowest BCUT2D eigenvalue weighted by atomic mass is 10.2. The van der Waals surface area contributed by atoms with Crippen LogP contribution in [-0.2, 0) is 14.9 Å². The molecule has 0 N–H and O–H groups in total. The van der Waals surface area contributed by atoms with Crippen molar-refractivity contribution in [3.05, 3.63) is 59.1 Å². The highest BCUT2D eigenvalue weighted by Crippen LogP contribution is 2.24. The summed E-state index contributed by atoms with van der Waals surface area (Å²) in [6, 6.07) is 11.5. The molecule has 110 valence electrons. The molecule has 2 aromatic rings. The van der Waals surface area contributed by atoms with Crippen LogP contribution in [0.3, 0.4) is 0 Å². The molecule has 0 atom stereocenters. The van der Waals surface area contributed by atoms with Crippen molar-refractivity contribution in [3.8, 4) is 5.75 Å². The van der Waals surface area contributed by atoms with E-state index in [1.807, 2.05) is 0 Å². The number of carbonyl (C=O) groups excluding carboxylic acids is 1. The van der Waals surface area contributed by atoms with Gasteiger partial charge in [-0.3, -0.25) is 0 Å². The second-order valence-electron chi connectivity index (χ2n) is 3.98. The van der Waals surface area contributed by atoms with Gasteiger partial charge < -0.3 is 8.92 Å². The molecule has 0 spiro atoms. The Hall–Kier alpha value is -2.05. The summed E-state index contributed by atoms with van der Waals surface area (Å²) in [7, 11) is -2.77. The van der Waals surface area contributed by atoms with Gasteiger partial charge in [-0.2, -0.15) is 8.42 Å². The number of rotatable bonds is 4. The summed E-state index contributed by atoms with van der Waals surface area (Å²) in [5, 5.41) is 0.0729. The van der Waals surface area contributed by atoms with Crippen LogP contribution in [0.15, 0.2) is 53.4 Å². The molecule has 21 heavy (non-hydrogen) atoms. The van der Waals surface area contributed by atoms with Gasteiger partial charge in [0.1, 0.15) is 10.6 Å². The summed E-state index contributed by atoms with van der Waals surface area (Å²) in [5.41, 5.74) is 0.292. The van der Waals surface area contributed by atoms with Gasteiger partial charge in [0.25, 0.3) is 0 Å². The third-order valence-corrected chi connectivity index (χ3v) is 4.34. The van der Waals surface area contributed by atoms with Gasteiger partial charge in [-0.05, 0) is 36.4 Å². The summed E-state index contributed by atoms with van der Waals surface area (Å²) in [6.07, 6.45) is 0. The second-order valence-corrected chi connectivity index (χ2v) is 5.91. The predicted octanol–water partition coefficient (Wildman–Crippen LogP) is 2.89. The second kappa shape index (κ2) is 6.15. The molecule has 0 radical (unpaired) electrons. The summed E-state index contributed by atoms with van der Waals surface area (Å²) in [4.78, 5) is 11.2. The largest absolute Gasteiger partial charge is 0.465 e. The molecule has 0 amide bonds. The number of hydrogen-bond acceptors (Lipinski definition) is 5. The van der Waals surface area contributed by atoms with Gasteiger partial charge in [0, 0.05) is 0 Å². The molecule has 2 rings (SSSR count). The maximum atomic E-state index is 12.1. The highest BCUT2D eigenvalue weighted by atomic mass is 35.5. The van der Waals surface area contributed by atoms with E-state index in [9.17, 15) is 13.2 Å². The first-order chi connectivity index (χ1) is 9.94. The van der Waals surface area contributed by atoms with Gasteiger partial charge in [0.05, 0.1) is 17.7 Å². The number of halogens is 1. The number of carbonyl (C=O) groups is 1. The molecule has 0 saturated carbocycles. The zero-order valence-electron chi connectivity index (χ0n) is 10.9. The highest BCUT2D eigenvalue weighted by Gasteiger charge is 2.20. The van der Waals surface area contributed by atoms with Crippen LogP contribution in [-0.4, -0.2) is 21.5 Å². The van der Waals surface area contributed by atoms with Crippen LogP contribution >= 0.6 is 11.6 Å². The summed E-state index contributed by atoms with van der Waals surface area (Å²) in [5.74, 6) is -0.446. The van der Waals surface area contributed by atoms with Crippen molar-refractivity contribution in [2.45, 2.75) is 4.90 Å². The quantitative estimate of drug-likeness (QED) is 0.638. The predicted molar refractivity (Wildman–Crippen MR) is 77.0 cm³/mol. The number of hydrogen-bond donors (Lipinski definition) is 0. The van der Waals surface area contributed by atoms with Gasteiger partial charge >= 0.3 is 16.1 Å². The van der Waals surface area contributed by atoms with Crippen molar-refractivity contribution >= 4 is 27.7 Å². The summed E-state index contributed by atoms with van der Waals surface area (Å²) < 4.78 is 33.7. The highest BCUT2D eigenvalue weighted by molar-refractivity contribution is 7.87. The molecule has 0 bridgehead atoms. The molecule has 0 fully saturated rings. The van der Waals surface area contributed by atoms with Crippen LogP contribution in [0, 0.1) is 0 Å². The van der Waals surface area contributed by atoms with Crippen molar-refractivity contribution in [3.63, 3.8) is 0 Å². The molecule has 0 unspecified atom stereocenters. The number of methoxy groups -OCH3 is 1. The monoisotopic (exact) mass is 326 g/mol. The fraction of sp³-hybridized carbons (Fsp3) is 0.0714. The molecule has 0 heterocycles. The minimum absolute atomic E-state index is 0.0718. The first kappa shape index (κ1) is 15.3. The number of esters is 1. The molecule has 0 saturated heterocycles. The third kappa shape index (κ3) is 3.53. The number of ether oxygens (including phenoxy) is 1. The van der Waals surface area contributed by atoms with Gasteiger partial charge in [0.2, 0.25) is 0 Å². The number of benzene rings is 2. The Labute approximate surface area is 127 Å². The van der Waals surface area contributed by atoms with Crippen LogP contribution < -0.4 is 4.18 Å². The van der Waals surface area contributed by atoms with Crippen LogP contribution in [0.1, 0.15) is 10.4 Å². The van der Waals surface area contributed by atoms with E-state index >= 15 is 0 Å². The minimum atomic E-state index is -4.03. The van der Waals surface area contributed by atoms with E-state index in [0.29, 0.717) is 5.56 Å². The van der Waals surface area contributed by atoms with Crippen LogP contribution in [0.4, 0.5) is 0 Å². The minimum Gasteiger partial charge on any atom is -0.465 e. The maximum absolute atomic E-state index is 12.1. The molecular formula is C14H11ClO5S. The van der Waals surface area contributed by atoms with E-state index in [0.717, 1.165) is 0 Å². The first-order valence-electron chi connectivity index (χ1n) is 5.81. The zero-order valence-corrected chi connectivity index (χ0v) is 12.5. The van der Waals surface area contributed by atoms with Crippen LogP contribution in [0.25, 0.3) is 0 Å². The third-order valence-electron chi connectivity index (χ3n) is 2.59. The molecule has 0 aliphatic carbocycles. The van der Waals surface area contributed by atoms with Gasteiger partial charge in [-0.25, -0.2) is 4.79 Å². The molecular weight excluding hydrogens is 316 g/mol. The Bertz CT molecular complexity index is 753. The standard InChI is InChI=1S/C14H11ClO5S/c1-19-14(16)10-6-8-11(9-7-10)20-21(17,18)13-5-3-2-4-12(13)15/h2-9H,1H3. The van der Waals surface area contributed by atoms with E-state index < -0.39 is 16.1 Å². The lowest BCUT2D eigenvalue weighted by Crippen LogP contribution is -2.10. The van der Waals surface area contributed by atoms with Crippen LogP contribution in [0.2, 0.25) is 5.02 Å². The summed E-state index contributed by atoms with van der Waals surface area (Å²) in [6.45, 7) is 0. The van der Waals surface area contributed by atoms with Crippen LogP contribution in [0.5, 0.6) is 5.75 Å². The smallest absolute Gasteiger partial charge is 0.340 e. The lowest BCUT2D eigenvalue weighted by molar-refractivity contribution is 0.0600. The summed E-state index contributed by atoms with van der Waals surface area (Å²) >= 11 is 5.84. The van der Waals surface area contributed by atoms with Crippen molar-refractivity contribution in [1.82, 2.24) is 0 Å². The Morgan fingerprint density at radius 2 is 1.67 bits per heavy atom. The van der Waals surface area contributed by atoms with Crippen molar-refractivity contribution < 1.29 is 22.1 Å². The van der Waals surface area contributed by atoms with Gasteiger partial charge in [-0.15, -0.1) is 0 Å². The molecule has 7 heteroatoms. The maximum Gasteiger partial charge on any atom is 0.340 e. The molecule has 0 aliphatic rings. The van der Waals surface area contributed by atoms with Gasteiger partial charge in [-0.1, -0.05) is 23.7 Å². The fourth-order valence-corrected chi connectivity index (χ4v) is 3.01. The van der Waals surface area contributed by atoms with E-state index in [2.05, 4.69) is 4.74 Å². The lowest BCUT2D eigenvalue weighted by Gasteiger charge is -2.08. The SMILES string of the molecule is COC(=O)c1ccc(OS(=O)(=O)c2ccccc2Cl)cc1. The Morgan fingerprint density at radius 3 is 2.24 bits per heavy atom. The van der Waals surface area contributed by atoms with E-state index in [1.54, 1.807) is 12.1 Å². The Balaban J connectivity index is 2.25. The average molecular weight is 327 g/mol. The first-order valence-corrected chi connectivity index (χ1v) is 7.60. The van der Waals surface area contributed by atoms with E-state index in [-0.39, 0.29) is 15.7 Å². The van der Waals surface area contributed by atoms with E-state index in [1.165, 1.54) is 43.5 Å². The zero-order chi connectivity index (χ0) is 15.5. The Morgan fingerprint density at radius 1 is 1.05 bits per heavy atom. The topological polar surface area (TPSA) is 69.7 Å². The molecule has 5 nitrogen and oxygen atoms in total. The molecule has 0 aromatic heterocycles. The fourth-order valence-electron chi connectivity index (χ4n) is 1.58. The normalized spacial score (nSPS) is 11.0. The Kier molecular flexibility index (Phi) is 4.50. The van der Waals surface area contributed by atoms with Crippen molar-refractivity contribution in [2.24, 2.45) is 0 Å². The average Bonchev–Trinajstić information content (AvgIpc) is 2.47. The molecule has 0 aliphatic heterocycles.